The van der Waals surface area contributed by atoms with Crippen LogP contribution in [0.15, 0.2) is 60.7 Å². The van der Waals surface area contributed by atoms with Gasteiger partial charge in [0.2, 0.25) is 47.3 Å². The molecule has 0 spiro atoms. The molecule has 12 atom stereocenters. The Balaban J connectivity index is 2.23. The van der Waals surface area contributed by atoms with Crippen molar-refractivity contribution in [2.75, 3.05) is 0 Å². The number of benzene rings is 2. The molecule has 71 heavy (non-hydrogen) atoms. The van der Waals surface area contributed by atoms with Crippen LogP contribution in [0.5, 0.6) is 0 Å². The van der Waals surface area contributed by atoms with Crippen molar-refractivity contribution < 1.29 is 48.3 Å². The Hall–Kier alpha value is -6.37. The number of rotatable bonds is 29. The fourth-order valence-corrected chi connectivity index (χ4v) is 7.49. The molecule has 0 aliphatic carbocycles. The average molecular weight is 992 g/mol. The zero-order valence-electron chi connectivity index (χ0n) is 43.6. The summed E-state index contributed by atoms with van der Waals surface area (Å²) in [5, 5.41) is 31.3. The number of hydrogen-bond donors (Lipinski definition) is 10. The minimum Gasteiger partial charge on any atom is -0.480 e. The van der Waals surface area contributed by atoms with Gasteiger partial charge in [0, 0.05) is 6.42 Å². The maximum absolute atomic E-state index is 14.1. The second-order valence-electron chi connectivity index (χ2n) is 19.4. The Kier molecular flexibility index (Phi) is 25.4. The lowest BCUT2D eigenvalue weighted by Gasteiger charge is -2.31. The molecular weight excluding hydrogens is 911 g/mol. The molecular formula is C52H81N9O10. The molecule has 2 aromatic rings. The Morgan fingerprint density at radius 2 is 0.732 bits per heavy atom. The van der Waals surface area contributed by atoms with Crippen LogP contribution in [-0.4, -0.2) is 113 Å². The Bertz CT molecular complexity index is 2090. The first kappa shape index (κ1) is 60.8. The van der Waals surface area contributed by atoms with Gasteiger partial charge in [-0.2, -0.15) is 0 Å². The SMILES string of the molecule is CC[C@H](C)[C@H](NC(=O)[C@H](C)NC(=O)[C@@H](NC(=O)[C@@H](NC(=O)[C@H](C)NC(=O)[C@@H](N)Cc1ccccc1)[C@@H](C)CC)[C@@H](C)CC)C(=O)N[C@H](C(=O)N[C@@H](Cc1ccccc1)C(=O)N[C@H](C(=O)O)C(C)C)C(C)C. The van der Waals surface area contributed by atoms with Crippen molar-refractivity contribution in [1.82, 2.24) is 42.5 Å². The molecule has 0 saturated carbocycles. The number of carboxylic acid groups (broad SMARTS) is 1. The molecule has 0 aromatic heterocycles. The minimum atomic E-state index is -1.23. The molecule has 0 heterocycles. The Morgan fingerprint density at radius 3 is 1.11 bits per heavy atom. The van der Waals surface area contributed by atoms with Crippen molar-refractivity contribution in [3.05, 3.63) is 71.8 Å². The number of carboxylic acids is 1. The second kappa shape index (κ2) is 29.7. The van der Waals surface area contributed by atoms with Gasteiger partial charge in [-0.15, -0.1) is 0 Å². The molecule has 19 nitrogen and oxygen atoms in total. The third kappa shape index (κ3) is 19.4. The highest BCUT2D eigenvalue weighted by atomic mass is 16.4. The van der Waals surface area contributed by atoms with Crippen molar-refractivity contribution >= 4 is 53.2 Å². The summed E-state index contributed by atoms with van der Waals surface area (Å²) >= 11 is 0. The highest BCUT2D eigenvalue weighted by Crippen LogP contribution is 2.15. The van der Waals surface area contributed by atoms with Crippen LogP contribution in [0, 0.1) is 29.6 Å². The van der Waals surface area contributed by atoms with Crippen LogP contribution in [0.1, 0.15) is 113 Å². The molecule has 0 saturated heterocycles. The molecule has 0 fully saturated rings. The molecule has 0 bridgehead atoms. The van der Waals surface area contributed by atoms with Crippen molar-refractivity contribution in [3.63, 3.8) is 0 Å². The third-order valence-corrected chi connectivity index (χ3v) is 12.9. The summed E-state index contributed by atoms with van der Waals surface area (Å²) in [7, 11) is 0. The van der Waals surface area contributed by atoms with Gasteiger partial charge in [0.15, 0.2) is 0 Å². The van der Waals surface area contributed by atoms with Crippen molar-refractivity contribution in [2.45, 2.75) is 170 Å². The van der Waals surface area contributed by atoms with Gasteiger partial charge in [0.1, 0.15) is 48.3 Å². The number of carbonyl (C=O) groups is 9. The highest BCUT2D eigenvalue weighted by molar-refractivity contribution is 5.98. The first-order valence-electron chi connectivity index (χ1n) is 24.9. The van der Waals surface area contributed by atoms with Crippen LogP contribution in [-0.2, 0) is 56.0 Å². The van der Waals surface area contributed by atoms with Crippen molar-refractivity contribution in [1.29, 1.82) is 0 Å². The zero-order valence-corrected chi connectivity index (χ0v) is 43.6. The molecule has 2 aromatic carbocycles. The first-order chi connectivity index (χ1) is 33.4. The largest absolute Gasteiger partial charge is 0.480 e. The van der Waals surface area contributed by atoms with Crippen molar-refractivity contribution in [3.8, 4) is 0 Å². The van der Waals surface area contributed by atoms with Gasteiger partial charge in [0.25, 0.3) is 0 Å². The normalized spacial score (nSPS) is 16.4. The van der Waals surface area contributed by atoms with Crippen LogP contribution in [0.25, 0.3) is 0 Å². The lowest BCUT2D eigenvalue weighted by molar-refractivity contribution is -0.143. The minimum absolute atomic E-state index is 0.0274. The van der Waals surface area contributed by atoms with Gasteiger partial charge in [-0.05, 0) is 61.0 Å². The van der Waals surface area contributed by atoms with Gasteiger partial charge in [0.05, 0.1) is 6.04 Å². The lowest BCUT2D eigenvalue weighted by atomic mass is 9.94. The van der Waals surface area contributed by atoms with Crippen LogP contribution in [0.3, 0.4) is 0 Å². The average Bonchev–Trinajstić information content (AvgIpc) is 3.33. The van der Waals surface area contributed by atoms with Gasteiger partial charge in [-0.25, -0.2) is 4.79 Å². The summed E-state index contributed by atoms with van der Waals surface area (Å²) in [4.78, 5) is 122. The topological polar surface area (TPSA) is 296 Å². The predicted octanol–water partition coefficient (Wildman–Crippen LogP) is 2.25. The van der Waals surface area contributed by atoms with Gasteiger partial charge in [-0.3, -0.25) is 38.4 Å². The number of hydrogen-bond acceptors (Lipinski definition) is 10. The van der Waals surface area contributed by atoms with E-state index in [0.29, 0.717) is 24.8 Å². The Morgan fingerprint density at radius 1 is 0.408 bits per heavy atom. The Labute approximate surface area is 419 Å². The summed E-state index contributed by atoms with van der Waals surface area (Å²) in [6.45, 7) is 20.3. The van der Waals surface area contributed by atoms with Gasteiger partial charge < -0.3 is 53.4 Å². The molecule has 2 rings (SSSR count). The molecule has 8 amide bonds. The van der Waals surface area contributed by atoms with E-state index in [0.717, 1.165) is 5.56 Å². The third-order valence-electron chi connectivity index (χ3n) is 12.9. The summed E-state index contributed by atoms with van der Waals surface area (Å²) in [6.07, 6.45) is 1.64. The van der Waals surface area contributed by atoms with E-state index in [-0.39, 0.29) is 12.8 Å². The number of amides is 8. The number of nitrogens with one attached hydrogen (secondary N) is 8. The van der Waals surface area contributed by atoms with Crippen molar-refractivity contribution in [2.24, 2.45) is 35.3 Å². The fraction of sp³-hybridized carbons (Fsp3) is 0.596. The molecule has 0 aliphatic heterocycles. The van der Waals surface area contributed by atoms with E-state index in [1.807, 2.05) is 51.1 Å². The quantitative estimate of drug-likeness (QED) is 0.0564. The molecule has 19 heteroatoms. The molecule has 11 N–H and O–H groups in total. The van der Waals surface area contributed by atoms with Crippen LogP contribution < -0.4 is 48.3 Å². The molecule has 0 aliphatic rings. The van der Waals surface area contributed by atoms with E-state index >= 15 is 0 Å². The van der Waals surface area contributed by atoms with Crippen LogP contribution in [0.4, 0.5) is 0 Å². The number of aliphatic carboxylic acids is 1. The van der Waals surface area contributed by atoms with Gasteiger partial charge in [-0.1, -0.05) is 149 Å². The predicted molar refractivity (Wildman–Crippen MR) is 271 cm³/mol. The molecule has 0 radical (unpaired) electrons. The number of carbonyl (C=O) groups excluding carboxylic acids is 8. The molecule has 394 valence electrons. The number of nitrogens with two attached hydrogens (primary N) is 1. The zero-order chi connectivity index (χ0) is 53.7. The summed E-state index contributed by atoms with van der Waals surface area (Å²) in [5.74, 6) is -8.82. The van der Waals surface area contributed by atoms with E-state index < -0.39 is 137 Å². The van der Waals surface area contributed by atoms with Crippen LogP contribution >= 0.6 is 0 Å². The van der Waals surface area contributed by atoms with E-state index in [1.165, 1.54) is 13.8 Å². The standard InChI is InChI=1S/C52H81N9O10/c1-13-30(8)41(61-51(69)43(32(10)15-3)60-44(62)33(11)54-46(64)37(53)26-35-22-18-16-19-23-35)49(67)55-34(12)45(63)59-42(31(9)14-2)50(68)57-39(28(4)5)48(66)56-38(27-36-24-20-17-21-25-36)47(65)58-40(29(6)7)52(70)71/h16-25,28-34,37-43H,13-15,26-27,53H2,1-12H3,(H,54,64)(H,55,67)(H,56,66)(H,57,68)(H,58,65)(H,59,63)(H,60,62)(H,61,69)(H,70,71)/t30-,31-,32-,33-,34-,37-,38-,39-,40-,41-,42-,43-/m0/s1. The fourth-order valence-electron chi connectivity index (χ4n) is 7.49. The summed E-state index contributed by atoms with van der Waals surface area (Å²) in [5.41, 5.74) is 7.67. The van der Waals surface area contributed by atoms with Crippen LogP contribution in [0.2, 0.25) is 0 Å². The van der Waals surface area contributed by atoms with E-state index in [2.05, 4.69) is 42.5 Å². The van der Waals surface area contributed by atoms with Gasteiger partial charge >= 0.3 is 5.97 Å². The first-order valence-corrected chi connectivity index (χ1v) is 24.9. The smallest absolute Gasteiger partial charge is 0.326 e. The maximum atomic E-state index is 14.1. The lowest BCUT2D eigenvalue weighted by Crippen LogP contribution is -2.62. The van der Waals surface area contributed by atoms with E-state index in [4.69, 9.17) is 5.73 Å². The molecule has 0 unspecified atom stereocenters. The monoisotopic (exact) mass is 992 g/mol. The van der Waals surface area contributed by atoms with E-state index in [9.17, 15) is 48.3 Å². The summed E-state index contributed by atoms with van der Waals surface area (Å²) in [6, 6.07) is 7.81. The maximum Gasteiger partial charge on any atom is 0.326 e. The summed E-state index contributed by atoms with van der Waals surface area (Å²) < 4.78 is 0. The van der Waals surface area contributed by atoms with E-state index in [1.54, 1.807) is 78.8 Å². The highest BCUT2D eigenvalue weighted by Gasteiger charge is 2.37. The second-order valence-corrected chi connectivity index (χ2v) is 19.4.